The molecule has 1 N–H and O–H groups in total. The van der Waals surface area contributed by atoms with Gasteiger partial charge in [-0.25, -0.2) is 4.79 Å². The number of carbonyl (C=O) groups excluding carboxylic acids is 2. The maximum Gasteiger partial charge on any atom is 0.350 e. The molecule has 0 bridgehead atoms. The number of hydrogen-bond donors (Lipinski definition) is 1. The smallest absolute Gasteiger partial charge is 0.350 e. The topological polar surface area (TPSA) is 55.4 Å². The largest absolute Gasteiger partial charge is 0.451 e. The zero-order valence-electron chi connectivity index (χ0n) is 12.1. The fourth-order valence-corrected chi connectivity index (χ4v) is 3.46. The fourth-order valence-electron chi connectivity index (χ4n) is 1.79. The van der Waals surface area contributed by atoms with E-state index >= 15 is 0 Å². The summed E-state index contributed by atoms with van der Waals surface area (Å²) in [5.41, 5.74) is 0. The Hall–Kier alpha value is -1.30. The summed E-state index contributed by atoms with van der Waals surface area (Å²) >= 11 is 13.3. The molecule has 22 heavy (non-hydrogen) atoms. The predicted molar refractivity (Wildman–Crippen MR) is 90.0 cm³/mol. The van der Waals surface area contributed by atoms with Crippen molar-refractivity contribution in [3.8, 4) is 0 Å². The van der Waals surface area contributed by atoms with Crippen LogP contribution in [0.15, 0.2) is 18.2 Å². The molecule has 2 aromatic rings. The van der Waals surface area contributed by atoms with Crippen molar-refractivity contribution in [1.82, 2.24) is 5.32 Å². The third-order valence-corrected chi connectivity index (χ3v) is 5.00. The van der Waals surface area contributed by atoms with Crippen LogP contribution in [0.25, 0.3) is 10.1 Å². The van der Waals surface area contributed by atoms with Gasteiger partial charge in [0.15, 0.2) is 6.61 Å². The molecule has 1 aromatic heterocycles. The summed E-state index contributed by atoms with van der Waals surface area (Å²) in [7, 11) is 0. The molecule has 0 aliphatic rings. The molecule has 0 fully saturated rings. The van der Waals surface area contributed by atoms with Gasteiger partial charge in [-0.15, -0.1) is 11.3 Å². The number of rotatable bonds is 5. The lowest BCUT2D eigenvalue weighted by atomic mass is 10.2. The molecular weight excluding hydrogens is 345 g/mol. The number of thiophene rings is 1. The summed E-state index contributed by atoms with van der Waals surface area (Å²) in [6.45, 7) is 3.51. The molecule has 1 aromatic carbocycles. The Morgan fingerprint density at radius 2 is 2.09 bits per heavy atom. The molecule has 118 valence electrons. The van der Waals surface area contributed by atoms with Crippen molar-refractivity contribution in [2.24, 2.45) is 0 Å². The van der Waals surface area contributed by atoms with Crippen LogP contribution in [0.3, 0.4) is 0 Å². The van der Waals surface area contributed by atoms with Crippen molar-refractivity contribution < 1.29 is 14.3 Å². The van der Waals surface area contributed by atoms with E-state index in [0.717, 1.165) is 16.5 Å². The van der Waals surface area contributed by atoms with Crippen LogP contribution in [0, 0.1) is 0 Å². The number of nitrogens with one attached hydrogen (secondary N) is 1. The van der Waals surface area contributed by atoms with Crippen LogP contribution in [0.2, 0.25) is 10.0 Å². The molecule has 1 atom stereocenters. The first-order chi connectivity index (χ1) is 10.4. The van der Waals surface area contributed by atoms with E-state index in [-0.39, 0.29) is 23.4 Å². The van der Waals surface area contributed by atoms with Gasteiger partial charge in [0.2, 0.25) is 0 Å². The molecule has 1 amide bonds. The molecule has 0 saturated carbocycles. The van der Waals surface area contributed by atoms with Crippen molar-refractivity contribution in [2.45, 2.75) is 26.3 Å². The van der Waals surface area contributed by atoms with Gasteiger partial charge in [0.25, 0.3) is 5.91 Å². The predicted octanol–water partition coefficient (Wildman–Crippen LogP) is 4.28. The minimum absolute atomic E-state index is 0.0428. The van der Waals surface area contributed by atoms with Crippen molar-refractivity contribution in [3.63, 3.8) is 0 Å². The molecule has 2 rings (SSSR count). The Labute approximate surface area is 142 Å². The minimum atomic E-state index is -0.610. The summed E-state index contributed by atoms with van der Waals surface area (Å²) in [5, 5.41) is 4.36. The Balaban J connectivity index is 2.07. The summed E-state index contributed by atoms with van der Waals surface area (Å²) in [6.07, 6.45) is 0.808. The van der Waals surface area contributed by atoms with E-state index in [0.29, 0.717) is 10.0 Å². The number of halogens is 2. The lowest BCUT2D eigenvalue weighted by Gasteiger charge is -2.11. The van der Waals surface area contributed by atoms with E-state index in [4.69, 9.17) is 27.9 Å². The van der Waals surface area contributed by atoms with Crippen LogP contribution in [0.4, 0.5) is 0 Å². The van der Waals surface area contributed by atoms with Crippen molar-refractivity contribution in [2.75, 3.05) is 6.61 Å². The van der Waals surface area contributed by atoms with Crippen LogP contribution in [0.5, 0.6) is 0 Å². The van der Waals surface area contributed by atoms with Gasteiger partial charge in [0.05, 0.1) is 5.02 Å². The average Bonchev–Trinajstić information content (AvgIpc) is 2.81. The van der Waals surface area contributed by atoms with Crippen LogP contribution < -0.4 is 5.32 Å². The normalized spacial score (nSPS) is 12.2. The fraction of sp³-hybridized carbons (Fsp3) is 0.333. The van der Waals surface area contributed by atoms with Crippen molar-refractivity contribution in [3.05, 3.63) is 33.1 Å². The quantitative estimate of drug-likeness (QED) is 0.810. The maximum atomic E-state index is 12.1. The zero-order chi connectivity index (χ0) is 16.3. The standard InChI is InChI=1S/C15H15Cl2NO3S/c1-3-8(2)18-12(19)7-21-15(20)14-13(17)10-5-4-9(16)6-11(10)22-14/h4-6,8H,3,7H2,1-2H3,(H,18,19)/t8-/m0/s1. The monoisotopic (exact) mass is 359 g/mol. The summed E-state index contributed by atoms with van der Waals surface area (Å²) < 4.78 is 5.82. The maximum absolute atomic E-state index is 12.1. The van der Waals surface area contributed by atoms with Gasteiger partial charge in [0, 0.05) is 21.2 Å². The van der Waals surface area contributed by atoms with E-state index < -0.39 is 5.97 Å². The molecule has 1 heterocycles. The highest BCUT2D eigenvalue weighted by Gasteiger charge is 2.19. The van der Waals surface area contributed by atoms with Gasteiger partial charge in [-0.2, -0.15) is 0 Å². The highest BCUT2D eigenvalue weighted by molar-refractivity contribution is 7.21. The van der Waals surface area contributed by atoms with E-state index in [2.05, 4.69) is 5.32 Å². The second kappa shape index (κ2) is 7.31. The van der Waals surface area contributed by atoms with Gasteiger partial charge in [-0.05, 0) is 25.5 Å². The molecule has 0 aliphatic carbocycles. The number of benzene rings is 1. The second-order valence-electron chi connectivity index (χ2n) is 4.84. The van der Waals surface area contributed by atoms with Gasteiger partial charge < -0.3 is 10.1 Å². The second-order valence-corrected chi connectivity index (χ2v) is 6.71. The van der Waals surface area contributed by atoms with Gasteiger partial charge >= 0.3 is 5.97 Å². The van der Waals surface area contributed by atoms with Crippen molar-refractivity contribution in [1.29, 1.82) is 0 Å². The first kappa shape index (κ1) is 17.1. The Morgan fingerprint density at radius 1 is 1.36 bits per heavy atom. The number of carbonyl (C=O) groups is 2. The first-order valence-corrected chi connectivity index (χ1v) is 8.33. The SMILES string of the molecule is CC[C@H](C)NC(=O)COC(=O)c1sc2cc(Cl)ccc2c1Cl. The van der Waals surface area contributed by atoms with Crippen LogP contribution in [-0.2, 0) is 9.53 Å². The van der Waals surface area contributed by atoms with Gasteiger partial charge in [-0.1, -0.05) is 36.2 Å². The first-order valence-electron chi connectivity index (χ1n) is 6.76. The molecule has 0 spiro atoms. The summed E-state index contributed by atoms with van der Waals surface area (Å²) in [4.78, 5) is 24.0. The number of hydrogen-bond acceptors (Lipinski definition) is 4. The van der Waals surface area contributed by atoms with Crippen molar-refractivity contribution >= 4 is 56.5 Å². The van der Waals surface area contributed by atoms with E-state index in [1.54, 1.807) is 18.2 Å². The zero-order valence-corrected chi connectivity index (χ0v) is 14.4. The molecular formula is C15H15Cl2NO3S. The Bertz CT molecular complexity index is 714. The van der Waals surface area contributed by atoms with Crippen LogP contribution in [0.1, 0.15) is 29.9 Å². The average molecular weight is 360 g/mol. The molecule has 4 nitrogen and oxygen atoms in total. The third-order valence-electron chi connectivity index (χ3n) is 3.13. The molecule has 0 unspecified atom stereocenters. The number of ether oxygens (including phenoxy) is 1. The number of esters is 1. The lowest BCUT2D eigenvalue weighted by molar-refractivity contribution is -0.124. The Kier molecular flexibility index (Phi) is 5.67. The molecule has 0 radical (unpaired) electrons. The lowest BCUT2D eigenvalue weighted by Crippen LogP contribution is -2.35. The third kappa shape index (κ3) is 3.91. The van der Waals surface area contributed by atoms with E-state index in [1.807, 2.05) is 13.8 Å². The van der Waals surface area contributed by atoms with E-state index in [9.17, 15) is 9.59 Å². The molecule has 7 heteroatoms. The summed E-state index contributed by atoms with van der Waals surface area (Å²) in [6, 6.07) is 5.24. The minimum Gasteiger partial charge on any atom is -0.451 e. The van der Waals surface area contributed by atoms with Gasteiger partial charge in [0.1, 0.15) is 4.88 Å². The van der Waals surface area contributed by atoms with Crippen LogP contribution >= 0.6 is 34.5 Å². The molecule has 0 aliphatic heterocycles. The highest BCUT2D eigenvalue weighted by atomic mass is 35.5. The summed E-state index contributed by atoms with van der Waals surface area (Å²) in [5.74, 6) is -0.940. The molecule has 0 saturated heterocycles. The van der Waals surface area contributed by atoms with Gasteiger partial charge in [-0.3, -0.25) is 4.79 Å². The number of fused-ring (bicyclic) bond motifs is 1. The Morgan fingerprint density at radius 3 is 2.77 bits per heavy atom. The highest BCUT2D eigenvalue weighted by Crippen LogP contribution is 2.37. The van der Waals surface area contributed by atoms with Crippen LogP contribution in [-0.4, -0.2) is 24.5 Å². The number of amides is 1. The van der Waals surface area contributed by atoms with E-state index in [1.165, 1.54) is 11.3 Å².